The highest BCUT2D eigenvalue weighted by Crippen LogP contribution is 2.40. The molecule has 0 saturated heterocycles. The molecule has 0 amide bonds. The first kappa shape index (κ1) is 23.4. The number of ether oxygens (including phenoxy) is 1. The third-order valence-corrected chi connectivity index (χ3v) is 4.88. The summed E-state index contributed by atoms with van der Waals surface area (Å²) in [5.41, 5.74) is 0.195. The Kier molecular flexibility index (Phi) is 7.69. The SMILES string of the molecule is CCCOC(=O)c1cc([N+](=O)[O-])c(N(Cc2ccccc2)Cc2ccccc2)c([N+](=O)[O-])c1. The van der Waals surface area contributed by atoms with Crippen molar-refractivity contribution in [3.63, 3.8) is 0 Å². The Balaban J connectivity index is 2.16. The highest BCUT2D eigenvalue weighted by Gasteiger charge is 2.33. The highest BCUT2D eigenvalue weighted by atomic mass is 16.6. The van der Waals surface area contributed by atoms with Crippen LogP contribution in [-0.4, -0.2) is 22.4 Å². The molecular formula is C24H23N3O6. The lowest BCUT2D eigenvalue weighted by molar-refractivity contribution is -0.392. The molecule has 0 bridgehead atoms. The number of carbonyl (C=O) groups is 1. The maximum atomic E-state index is 12.3. The molecule has 0 aromatic heterocycles. The van der Waals surface area contributed by atoms with Gasteiger partial charge < -0.3 is 9.64 Å². The van der Waals surface area contributed by atoms with E-state index < -0.39 is 27.2 Å². The molecule has 3 rings (SSSR count). The highest BCUT2D eigenvalue weighted by molar-refractivity contribution is 5.94. The number of hydrogen-bond donors (Lipinski definition) is 0. The average molecular weight is 449 g/mol. The molecule has 0 aliphatic carbocycles. The van der Waals surface area contributed by atoms with Crippen molar-refractivity contribution in [2.24, 2.45) is 0 Å². The van der Waals surface area contributed by atoms with E-state index in [4.69, 9.17) is 4.74 Å². The fourth-order valence-corrected chi connectivity index (χ4v) is 3.42. The number of benzene rings is 3. The number of anilines is 1. The summed E-state index contributed by atoms with van der Waals surface area (Å²) in [6.45, 7) is 2.29. The summed E-state index contributed by atoms with van der Waals surface area (Å²) in [6.07, 6.45) is 0.552. The van der Waals surface area contributed by atoms with Gasteiger partial charge in [0, 0.05) is 25.2 Å². The Morgan fingerprint density at radius 3 is 1.70 bits per heavy atom. The summed E-state index contributed by atoms with van der Waals surface area (Å²) in [7, 11) is 0. The summed E-state index contributed by atoms with van der Waals surface area (Å²) in [5.74, 6) is -0.840. The molecule has 33 heavy (non-hydrogen) atoms. The van der Waals surface area contributed by atoms with E-state index in [1.54, 1.807) is 11.8 Å². The summed E-state index contributed by atoms with van der Waals surface area (Å²) in [5, 5.41) is 24.0. The van der Waals surface area contributed by atoms with Gasteiger partial charge in [0.05, 0.1) is 22.0 Å². The van der Waals surface area contributed by atoms with Gasteiger partial charge in [0.15, 0.2) is 5.69 Å². The predicted octanol–water partition coefficient (Wildman–Crippen LogP) is 5.28. The van der Waals surface area contributed by atoms with Crippen molar-refractivity contribution in [3.05, 3.63) is 110 Å². The molecule has 9 heteroatoms. The number of nitro benzene ring substituents is 2. The molecule has 0 spiro atoms. The van der Waals surface area contributed by atoms with E-state index in [-0.39, 0.29) is 30.9 Å². The largest absolute Gasteiger partial charge is 0.462 e. The fraction of sp³-hybridized carbons (Fsp3) is 0.208. The quantitative estimate of drug-likeness (QED) is 0.235. The van der Waals surface area contributed by atoms with Gasteiger partial charge in [-0.25, -0.2) is 4.79 Å². The van der Waals surface area contributed by atoms with Gasteiger partial charge in [0.1, 0.15) is 0 Å². The minimum atomic E-state index is -0.840. The molecule has 0 aliphatic heterocycles. The molecule has 0 heterocycles. The van der Waals surface area contributed by atoms with Crippen LogP contribution in [0.5, 0.6) is 0 Å². The second-order valence-electron chi connectivity index (χ2n) is 7.34. The number of hydrogen-bond acceptors (Lipinski definition) is 7. The van der Waals surface area contributed by atoms with Gasteiger partial charge in [-0.05, 0) is 17.5 Å². The number of rotatable bonds is 10. The van der Waals surface area contributed by atoms with Crippen LogP contribution < -0.4 is 4.90 Å². The molecule has 0 unspecified atom stereocenters. The lowest BCUT2D eigenvalue weighted by Gasteiger charge is -2.25. The van der Waals surface area contributed by atoms with E-state index >= 15 is 0 Å². The Hall–Kier alpha value is -4.27. The van der Waals surface area contributed by atoms with Crippen LogP contribution in [0.2, 0.25) is 0 Å². The minimum absolute atomic E-state index is 0.107. The van der Waals surface area contributed by atoms with Crippen molar-refractivity contribution < 1.29 is 19.4 Å². The van der Waals surface area contributed by atoms with Crippen LogP contribution in [0.15, 0.2) is 72.8 Å². The van der Waals surface area contributed by atoms with Gasteiger partial charge in [0.25, 0.3) is 0 Å². The van der Waals surface area contributed by atoms with Crippen molar-refractivity contribution in [1.82, 2.24) is 0 Å². The van der Waals surface area contributed by atoms with Crippen LogP contribution in [0, 0.1) is 20.2 Å². The number of nitro groups is 2. The van der Waals surface area contributed by atoms with E-state index in [1.807, 2.05) is 60.7 Å². The molecule has 3 aromatic rings. The molecule has 170 valence electrons. The maximum absolute atomic E-state index is 12.3. The molecule has 9 nitrogen and oxygen atoms in total. The van der Waals surface area contributed by atoms with Crippen molar-refractivity contribution in [2.75, 3.05) is 11.5 Å². The third-order valence-electron chi connectivity index (χ3n) is 4.88. The summed E-state index contributed by atoms with van der Waals surface area (Å²) in [4.78, 5) is 36.5. The number of nitrogens with zero attached hydrogens (tertiary/aromatic N) is 3. The molecular weight excluding hydrogens is 426 g/mol. The molecule has 0 aliphatic rings. The smallest absolute Gasteiger partial charge is 0.338 e. The first-order chi connectivity index (χ1) is 15.9. The fourth-order valence-electron chi connectivity index (χ4n) is 3.42. The Labute approximate surface area is 190 Å². The minimum Gasteiger partial charge on any atom is -0.462 e. The summed E-state index contributed by atoms with van der Waals surface area (Å²) >= 11 is 0. The van der Waals surface area contributed by atoms with Gasteiger partial charge in [-0.2, -0.15) is 0 Å². The van der Waals surface area contributed by atoms with E-state index in [9.17, 15) is 25.0 Å². The van der Waals surface area contributed by atoms with Gasteiger partial charge >= 0.3 is 17.3 Å². The van der Waals surface area contributed by atoms with Crippen molar-refractivity contribution >= 4 is 23.0 Å². The third kappa shape index (κ3) is 5.91. The van der Waals surface area contributed by atoms with Crippen molar-refractivity contribution in [1.29, 1.82) is 0 Å². The number of carbonyl (C=O) groups excluding carboxylic acids is 1. The van der Waals surface area contributed by atoms with Gasteiger partial charge in [-0.1, -0.05) is 67.6 Å². The van der Waals surface area contributed by atoms with Crippen LogP contribution in [-0.2, 0) is 17.8 Å². The zero-order valence-corrected chi connectivity index (χ0v) is 18.0. The van der Waals surface area contributed by atoms with Crippen LogP contribution in [0.3, 0.4) is 0 Å². The molecule has 0 saturated carbocycles. The summed E-state index contributed by atoms with van der Waals surface area (Å²) < 4.78 is 5.04. The maximum Gasteiger partial charge on any atom is 0.338 e. The zero-order valence-electron chi connectivity index (χ0n) is 18.0. The predicted molar refractivity (Wildman–Crippen MR) is 123 cm³/mol. The Morgan fingerprint density at radius 1 is 0.848 bits per heavy atom. The monoisotopic (exact) mass is 449 g/mol. The number of esters is 1. The standard InChI is InChI=1S/C24H23N3O6/c1-2-13-33-24(28)20-14-21(26(29)30)23(22(15-20)27(31)32)25(16-18-9-5-3-6-10-18)17-19-11-7-4-8-12-19/h3-12,14-15H,2,13,16-17H2,1H3. The van der Waals surface area contributed by atoms with Crippen LogP contribution in [0.25, 0.3) is 0 Å². The molecule has 0 atom stereocenters. The van der Waals surface area contributed by atoms with Crippen LogP contribution >= 0.6 is 0 Å². The van der Waals surface area contributed by atoms with E-state index in [0.29, 0.717) is 6.42 Å². The topological polar surface area (TPSA) is 116 Å². The second-order valence-corrected chi connectivity index (χ2v) is 7.34. The zero-order chi connectivity index (χ0) is 23.8. The molecule has 3 aromatic carbocycles. The van der Waals surface area contributed by atoms with E-state index in [1.165, 1.54) is 0 Å². The molecule has 0 fully saturated rings. The van der Waals surface area contributed by atoms with Gasteiger partial charge in [0.2, 0.25) is 0 Å². The van der Waals surface area contributed by atoms with Crippen LogP contribution in [0.1, 0.15) is 34.8 Å². The Morgan fingerprint density at radius 2 is 1.30 bits per heavy atom. The van der Waals surface area contributed by atoms with E-state index in [0.717, 1.165) is 23.3 Å². The summed E-state index contributed by atoms with van der Waals surface area (Å²) in [6, 6.07) is 20.4. The lowest BCUT2D eigenvalue weighted by atomic mass is 10.1. The lowest BCUT2D eigenvalue weighted by Crippen LogP contribution is -2.24. The van der Waals surface area contributed by atoms with Crippen molar-refractivity contribution in [3.8, 4) is 0 Å². The normalized spacial score (nSPS) is 10.5. The first-order valence-electron chi connectivity index (χ1n) is 10.4. The molecule has 0 radical (unpaired) electrons. The van der Waals surface area contributed by atoms with Gasteiger partial charge in [-0.15, -0.1) is 0 Å². The van der Waals surface area contributed by atoms with Crippen molar-refractivity contribution in [2.45, 2.75) is 26.4 Å². The first-order valence-corrected chi connectivity index (χ1v) is 10.4. The van der Waals surface area contributed by atoms with Gasteiger partial charge in [-0.3, -0.25) is 20.2 Å². The average Bonchev–Trinajstić information content (AvgIpc) is 2.82. The molecule has 0 N–H and O–H groups in total. The second kappa shape index (κ2) is 10.9. The Bertz CT molecular complexity index is 1060. The van der Waals surface area contributed by atoms with E-state index in [2.05, 4.69) is 0 Å². The van der Waals surface area contributed by atoms with Crippen LogP contribution in [0.4, 0.5) is 17.1 Å².